The number of allylic oxidation sites excluding steroid dienone is 1. The predicted octanol–water partition coefficient (Wildman–Crippen LogP) is 11.2. The Bertz CT molecular complexity index is 2260. The van der Waals surface area contributed by atoms with Crippen molar-refractivity contribution in [2.45, 2.75) is 260 Å². The molecule has 6 N–H and O–H groups in total. The lowest BCUT2D eigenvalue weighted by Gasteiger charge is -2.58. The molecular formula is C72H125N7O12. The van der Waals surface area contributed by atoms with Crippen LogP contribution in [0.2, 0.25) is 0 Å². The largest absolute Gasteiger partial charge is 0.446 e. The highest BCUT2D eigenvalue weighted by Gasteiger charge is 2.59. The smallest absolute Gasteiger partial charge is 0.407 e. The van der Waals surface area contributed by atoms with Crippen molar-refractivity contribution in [3.63, 3.8) is 0 Å². The second-order valence-corrected chi connectivity index (χ2v) is 28.8. The number of rotatable bonds is 47. The van der Waals surface area contributed by atoms with E-state index in [0.29, 0.717) is 30.9 Å². The third-order valence-corrected chi connectivity index (χ3v) is 21.2. The lowest BCUT2D eigenvalue weighted by molar-refractivity contribution is -0.140. The molecule has 4 fully saturated rings. The summed E-state index contributed by atoms with van der Waals surface area (Å²) in [6.07, 6.45) is 32.0. The summed E-state index contributed by atoms with van der Waals surface area (Å²) in [6, 6.07) is -1.04. The molecule has 1 aliphatic heterocycles. The van der Waals surface area contributed by atoms with Gasteiger partial charge in [0.25, 0.3) is 0 Å². The van der Waals surface area contributed by atoms with E-state index in [1.807, 2.05) is 13.8 Å². The highest BCUT2D eigenvalue weighted by Crippen LogP contribution is 2.67. The fraction of sp³-hybridized carbons (Fsp3) is 0.861. The lowest BCUT2D eigenvalue weighted by Crippen LogP contribution is -2.51. The Kier molecular flexibility index (Phi) is 35.5. The van der Waals surface area contributed by atoms with Crippen molar-refractivity contribution in [3.8, 4) is 0 Å². The van der Waals surface area contributed by atoms with E-state index in [-0.39, 0.29) is 151 Å². The Morgan fingerprint density at radius 3 is 1.75 bits per heavy atom. The standard InChI is InChI=1S/C72H125N7O12/c1-9-10-11-12-13-14-15-16-17-18-19-20-21-25-63(80)73-39-46-89-47-40-74-64(81)31-30-62(78-66(83)35-44-88-45-38-75-65(82)34-43-79-67(84)51-58(53(4)5)69(79)86)68(85)76-41-48-90-49-42-77-70(87)91-56-32-36-71(7)55(50-56)26-27-57-60-29-28-59(54(6)24-22-23-52(2)3)72(60,8)37-33-61(57)71/h26,52-54,56-62H,9-25,27-51H2,1-8H3,(H,73,80)(H,74,81)(H,75,82)(H,76,85)(H,77,87)(H,78,83)/t54-,56+,57+,58?,59-,60+,61+,62+,71+,72-/m1/s1. The quantitative estimate of drug-likeness (QED) is 0.0189. The zero-order valence-electron chi connectivity index (χ0n) is 57.9. The lowest BCUT2D eigenvalue weighted by atomic mass is 9.47. The highest BCUT2D eigenvalue weighted by molar-refractivity contribution is 6.04. The minimum Gasteiger partial charge on any atom is -0.446 e. The average molecular weight is 1280 g/mol. The van der Waals surface area contributed by atoms with E-state index in [2.05, 4.69) is 79.5 Å². The van der Waals surface area contributed by atoms with Crippen LogP contribution < -0.4 is 31.9 Å². The molecule has 19 nitrogen and oxygen atoms in total. The van der Waals surface area contributed by atoms with Gasteiger partial charge in [0.2, 0.25) is 41.4 Å². The summed E-state index contributed by atoms with van der Waals surface area (Å²) in [6.45, 7) is 20.5. The normalized spacial score (nSPS) is 24.2. The zero-order chi connectivity index (χ0) is 66.0. The SMILES string of the molecule is CCCCCCCCCCCCCCCC(=O)NCCOCCNC(=O)CC[C@H](NC(=O)CCOCCNC(=O)CCN1C(=O)CC(C(C)C)C1=O)C(=O)NCCOCCNC(=O)O[C@H]1CC[C@@]2(C)C(=CC[C@H]3[C@@H]4CC[C@H]([C@H](C)CCCC(C)C)[C@@]4(C)CC[C@@H]32)C1. The predicted molar refractivity (Wildman–Crippen MR) is 356 cm³/mol. The molecule has 0 spiro atoms. The van der Waals surface area contributed by atoms with Crippen molar-refractivity contribution in [3.05, 3.63) is 11.6 Å². The van der Waals surface area contributed by atoms with Gasteiger partial charge in [-0.2, -0.15) is 0 Å². The van der Waals surface area contributed by atoms with Gasteiger partial charge in [-0.25, -0.2) is 4.79 Å². The van der Waals surface area contributed by atoms with Gasteiger partial charge < -0.3 is 50.8 Å². The van der Waals surface area contributed by atoms with Gasteiger partial charge in [-0.05, 0) is 110 Å². The first-order chi connectivity index (χ1) is 43.8. The molecule has 8 amide bonds. The van der Waals surface area contributed by atoms with Crippen molar-refractivity contribution in [1.82, 2.24) is 36.8 Å². The summed E-state index contributed by atoms with van der Waals surface area (Å²) in [4.78, 5) is 103. The molecule has 5 rings (SSSR count). The molecule has 4 aliphatic carbocycles. The molecule has 1 saturated heterocycles. The number of alkyl carbamates (subject to hydrolysis) is 1. The molecule has 0 aromatic heterocycles. The molecule has 5 aliphatic rings. The number of nitrogens with one attached hydrogen (secondary N) is 6. The van der Waals surface area contributed by atoms with Crippen molar-refractivity contribution in [2.24, 2.45) is 58.2 Å². The Labute approximate surface area is 548 Å². The van der Waals surface area contributed by atoms with Crippen LogP contribution in [0.25, 0.3) is 0 Å². The van der Waals surface area contributed by atoms with Gasteiger partial charge in [-0.15, -0.1) is 0 Å². The van der Waals surface area contributed by atoms with Crippen molar-refractivity contribution >= 4 is 47.4 Å². The number of unbranched alkanes of at least 4 members (excludes halogenated alkanes) is 12. The van der Waals surface area contributed by atoms with Gasteiger partial charge in [0.15, 0.2) is 0 Å². The molecular weight excluding hydrogens is 1150 g/mol. The summed E-state index contributed by atoms with van der Waals surface area (Å²) in [5.74, 6) is 2.19. The number of carbonyl (C=O) groups is 8. The monoisotopic (exact) mass is 1280 g/mol. The van der Waals surface area contributed by atoms with Gasteiger partial charge in [-0.3, -0.25) is 38.5 Å². The molecule has 520 valence electrons. The number of amides is 8. The number of hydrogen-bond acceptors (Lipinski definition) is 12. The van der Waals surface area contributed by atoms with Gasteiger partial charge in [-0.1, -0.05) is 163 Å². The molecule has 1 heterocycles. The molecule has 0 radical (unpaired) electrons. The fourth-order valence-corrected chi connectivity index (χ4v) is 15.9. The van der Waals surface area contributed by atoms with E-state index in [0.717, 1.165) is 79.4 Å². The summed E-state index contributed by atoms with van der Waals surface area (Å²) in [5.41, 5.74) is 2.09. The molecule has 10 atom stereocenters. The van der Waals surface area contributed by atoms with E-state index >= 15 is 0 Å². The average Bonchev–Trinajstić information content (AvgIpc) is 1.71. The topological polar surface area (TPSA) is 249 Å². The number of likely N-dealkylation sites (tertiary alicyclic amines) is 1. The number of ether oxygens (including phenoxy) is 4. The van der Waals surface area contributed by atoms with Gasteiger partial charge >= 0.3 is 6.09 Å². The van der Waals surface area contributed by atoms with Crippen LogP contribution in [-0.4, -0.2) is 143 Å². The van der Waals surface area contributed by atoms with Crippen LogP contribution in [0.15, 0.2) is 11.6 Å². The van der Waals surface area contributed by atoms with Gasteiger partial charge in [0.05, 0.1) is 39.6 Å². The Morgan fingerprint density at radius 1 is 0.571 bits per heavy atom. The van der Waals surface area contributed by atoms with Crippen molar-refractivity contribution < 1.29 is 57.3 Å². The number of nitrogens with zero attached hydrogens (tertiary/aromatic N) is 1. The number of carbonyl (C=O) groups excluding carboxylic acids is 8. The zero-order valence-corrected chi connectivity index (χ0v) is 57.9. The molecule has 3 saturated carbocycles. The van der Waals surface area contributed by atoms with Gasteiger partial charge in [0, 0.05) is 83.7 Å². The third kappa shape index (κ3) is 26.6. The van der Waals surface area contributed by atoms with E-state index in [4.69, 9.17) is 18.9 Å². The Balaban J connectivity index is 0.952. The van der Waals surface area contributed by atoms with Crippen molar-refractivity contribution in [2.75, 3.05) is 78.9 Å². The minimum atomic E-state index is -1.04. The molecule has 1 unspecified atom stereocenters. The molecule has 0 bridgehead atoms. The maximum Gasteiger partial charge on any atom is 0.407 e. The van der Waals surface area contributed by atoms with E-state index < -0.39 is 23.9 Å². The third-order valence-electron chi connectivity index (χ3n) is 21.2. The summed E-state index contributed by atoms with van der Waals surface area (Å²) in [7, 11) is 0. The Morgan fingerprint density at radius 2 is 1.14 bits per heavy atom. The summed E-state index contributed by atoms with van der Waals surface area (Å²) >= 11 is 0. The molecule has 91 heavy (non-hydrogen) atoms. The van der Waals surface area contributed by atoms with Crippen LogP contribution in [0.3, 0.4) is 0 Å². The molecule has 0 aromatic carbocycles. The van der Waals surface area contributed by atoms with Crippen LogP contribution in [-0.2, 0) is 52.5 Å². The van der Waals surface area contributed by atoms with Crippen LogP contribution >= 0.6 is 0 Å². The van der Waals surface area contributed by atoms with E-state index in [1.165, 1.54) is 115 Å². The second kappa shape index (κ2) is 41.9. The maximum absolute atomic E-state index is 13.5. The van der Waals surface area contributed by atoms with Crippen LogP contribution in [0.4, 0.5) is 4.79 Å². The number of fused-ring (bicyclic) bond motifs is 5. The second-order valence-electron chi connectivity index (χ2n) is 28.8. The minimum absolute atomic E-state index is 0.000297. The molecule has 0 aromatic rings. The highest BCUT2D eigenvalue weighted by atomic mass is 16.6. The summed E-state index contributed by atoms with van der Waals surface area (Å²) < 4.78 is 22.9. The fourth-order valence-electron chi connectivity index (χ4n) is 15.9. The van der Waals surface area contributed by atoms with E-state index in [9.17, 15) is 38.4 Å². The van der Waals surface area contributed by atoms with Crippen LogP contribution in [0.1, 0.15) is 248 Å². The van der Waals surface area contributed by atoms with Crippen LogP contribution in [0, 0.1) is 58.2 Å². The van der Waals surface area contributed by atoms with E-state index in [1.54, 1.807) is 0 Å². The first-order valence-corrected chi connectivity index (χ1v) is 36.4. The van der Waals surface area contributed by atoms with Crippen molar-refractivity contribution in [1.29, 1.82) is 0 Å². The number of imide groups is 1. The first kappa shape index (κ1) is 77.1. The Hall–Kier alpha value is -4.62. The van der Waals surface area contributed by atoms with Crippen LogP contribution in [0.5, 0.6) is 0 Å². The number of hydrogen-bond donors (Lipinski definition) is 6. The maximum atomic E-state index is 13.5. The summed E-state index contributed by atoms with van der Waals surface area (Å²) in [5, 5.41) is 16.8. The first-order valence-electron chi connectivity index (χ1n) is 36.4. The van der Waals surface area contributed by atoms with Gasteiger partial charge in [0.1, 0.15) is 12.1 Å². The molecule has 19 heteroatoms.